The summed E-state index contributed by atoms with van der Waals surface area (Å²) in [5, 5.41) is 9.69. The number of hydrogen-bond acceptors (Lipinski definition) is 5. The van der Waals surface area contributed by atoms with E-state index < -0.39 is 44.4 Å². The second-order valence-corrected chi connectivity index (χ2v) is 7.20. The number of halogens is 3. The lowest BCUT2D eigenvalue weighted by Gasteiger charge is -2.35. The molecule has 1 atom stereocenters. The van der Waals surface area contributed by atoms with Crippen molar-refractivity contribution in [2.45, 2.75) is 24.3 Å². The first-order valence-electron chi connectivity index (χ1n) is 6.55. The van der Waals surface area contributed by atoms with Crippen LogP contribution in [0.2, 0.25) is 0 Å². The van der Waals surface area contributed by atoms with Crippen molar-refractivity contribution >= 4 is 9.84 Å². The minimum absolute atomic E-state index is 0.448. The van der Waals surface area contributed by atoms with Crippen LogP contribution < -0.4 is 0 Å². The average molecular weight is 349 g/mol. The van der Waals surface area contributed by atoms with Gasteiger partial charge in [-0.15, -0.1) is 0 Å². The highest BCUT2D eigenvalue weighted by Gasteiger charge is 2.62. The van der Waals surface area contributed by atoms with Gasteiger partial charge in [0.15, 0.2) is 5.60 Å². The lowest BCUT2D eigenvalue weighted by molar-refractivity contribution is -0.143. The van der Waals surface area contributed by atoms with E-state index >= 15 is 0 Å². The Labute approximate surface area is 130 Å². The summed E-state index contributed by atoms with van der Waals surface area (Å²) in [6, 6.07) is 3.53. The highest BCUT2D eigenvalue weighted by Crippen LogP contribution is 2.43. The van der Waals surface area contributed by atoms with E-state index in [1.165, 1.54) is 0 Å². The SMILES string of the molecule is CCS(=O)(=O)C(F)(F)C(O)(Cn1cncn1)c1ccc(F)cc1. The van der Waals surface area contributed by atoms with E-state index in [4.69, 9.17) is 0 Å². The number of rotatable bonds is 6. The van der Waals surface area contributed by atoms with Crippen LogP contribution in [0.1, 0.15) is 12.5 Å². The van der Waals surface area contributed by atoms with Gasteiger partial charge in [0.05, 0.1) is 12.3 Å². The smallest absolute Gasteiger partial charge is 0.376 e. The molecule has 1 N–H and O–H groups in total. The van der Waals surface area contributed by atoms with Crippen molar-refractivity contribution in [2.24, 2.45) is 0 Å². The first kappa shape index (κ1) is 17.4. The summed E-state index contributed by atoms with van der Waals surface area (Å²) in [7, 11) is -4.96. The van der Waals surface area contributed by atoms with Gasteiger partial charge in [-0.2, -0.15) is 13.9 Å². The molecule has 1 aromatic heterocycles. The summed E-state index contributed by atoms with van der Waals surface area (Å²) in [6.07, 6.45) is 2.11. The fraction of sp³-hybridized carbons (Fsp3) is 0.385. The highest BCUT2D eigenvalue weighted by molar-refractivity contribution is 7.92. The van der Waals surface area contributed by atoms with E-state index in [0.29, 0.717) is 0 Å². The molecule has 1 aromatic carbocycles. The molecule has 2 aromatic rings. The normalized spacial score (nSPS) is 15.3. The van der Waals surface area contributed by atoms with E-state index in [1.807, 2.05) is 0 Å². The number of hydrogen-bond donors (Lipinski definition) is 1. The van der Waals surface area contributed by atoms with Crippen molar-refractivity contribution in [2.75, 3.05) is 5.75 Å². The molecule has 6 nitrogen and oxygen atoms in total. The molecule has 0 fully saturated rings. The monoisotopic (exact) mass is 349 g/mol. The quantitative estimate of drug-likeness (QED) is 0.850. The van der Waals surface area contributed by atoms with Crippen molar-refractivity contribution in [1.29, 1.82) is 0 Å². The average Bonchev–Trinajstić information content (AvgIpc) is 3.00. The summed E-state index contributed by atoms with van der Waals surface area (Å²) in [4.78, 5) is 3.56. The fourth-order valence-electron chi connectivity index (χ4n) is 2.06. The summed E-state index contributed by atoms with van der Waals surface area (Å²) < 4.78 is 66.8. The van der Waals surface area contributed by atoms with Crippen molar-refractivity contribution < 1.29 is 26.7 Å². The Kier molecular flexibility index (Phi) is 4.49. The van der Waals surface area contributed by atoms with Crippen molar-refractivity contribution in [3.63, 3.8) is 0 Å². The van der Waals surface area contributed by atoms with Gasteiger partial charge in [-0.05, 0) is 17.7 Å². The molecule has 0 radical (unpaired) electrons. The Balaban J connectivity index is 2.62. The molecule has 10 heteroatoms. The van der Waals surface area contributed by atoms with Gasteiger partial charge in [0, 0.05) is 0 Å². The first-order chi connectivity index (χ1) is 10.6. The zero-order chi connectivity index (χ0) is 17.3. The van der Waals surface area contributed by atoms with E-state index in [2.05, 4.69) is 10.1 Å². The first-order valence-corrected chi connectivity index (χ1v) is 8.20. The molecule has 0 saturated carbocycles. The molecule has 0 aliphatic rings. The third-order valence-corrected chi connectivity index (χ3v) is 5.31. The van der Waals surface area contributed by atoms with Gasteiger partial charge in [0.1, 0.15) is 18.5 Å². The number of alkyl halides is 2. The Morgan fingerprint density at radius 1 is 1.26 bits per heavy atom. The van der Waals surface area contributed by atoms with Crippen LogP contribution >= 0.6 is 0 Å². The van der Waals surface area contributed by atoms with Crippen LogP contribution in [-0.2, 0) is 22.0 Å². The van der Waals surface area contributed by atoms with Gasteiger partial charge in [-0.1, -0.05) is 19.1 Å². The summed E-state index contributed by atoms with van der Waals surface area (Å²) in [5.74, 6) is -1.58. The largest absolute Gasteiger partial charge is 0.379 e. The van der Waals surface area contributed by atoms with Crippen molar-refractivity contribution in [3.05, 3.63) is 48.3 Å². The van der Waals surface area contributed by atoms with Gasteiger partial charge in [-0.3, -0.25) is 0 Å². The second-order valence-electron chi connectivity index (χ2n) is 4.88. The molecule has 1 unspecified atom stereocenters. The molecule has 23 heavy (non-hydrogen) atoms. The van der Waals surface area contributed by atoms with Crippen LogP contribution in [0.5, 0.6) is 0 Å². The maximum atomic E-state index is 14.6. The lowest BCUT2D eigenvalue weighted by Crippen LogP contribution is -2.53. The van der Waals surface area contributed by atoms with Gasteiger partial charge in [0.25, 0.3) is 0 Å². The number of nitrogens with zero attached hydrogens (tertiary/aromatic N) is 3. The maximum Gasteiger partial charge on any atom is 0.379 e. The Hall–Kier alpha value is -1.94. The summed E-state index contributed by atoms with van der Waals surface area (Å²) in [6.45, 7) is 0.175. The molecule has 126 valence electrons. The predicted octanol–water partition coefficient (Wildman–Crippen LogP) is 1.33. The van der Waals surface area contributed by atoms with Crippen molar-refractivity contribution in [1.82, 2.24) is 14.8 Å². The number of aliphatic hydroxyl groups is 1. The van der Waals surface area contributed by atoms with Crippen LogP contribution in [0, 0.1) is 5.82 Å². The second kappa shape index (κ2) is 5.93. The van der Waals surface area contributed by atoms with Gasteiger partial charge < -0.3 is 5.11 Å². The van der Waals surface area contributed by atoms with Gasteiger partial charge in [-0.25, -0.2) is 22.5 Å². The van der Waals surface area contributed by atoms with E-state index in [1.54, 1.807) is 0 Å². The molecular weight excluding hydrogens is 335 g/mol. The van der Waals surface area contributed by atoms with Crippen LogP contribution in [0.4, 0.5) is 13.2 Å². The Bertz CT molecular complexity index is 764. The standard InChI is InChI=1S/C13H14F3N3O3S/c1-2-23(21,22)13(15,16)12(20,7-19-9-17-8-18-19)10-3-5-11(14)6-4-10/h3-6,8-9,20H,2,7H2,1H3. The van der Waals surface area contributed by atoms with Crippen LogP contribution in [0.15, 0.2) is 36.9 Å². The number of benzene rings is 1. The molecule has 0 aliphatic carbocycles. The number of sulfone groups is 1. The molecule has 1 heterocycles. The summed E-state index contributed by atoms with van der Waals surface area (Å²) >= 11 is 0. The topological polar surface area (TPSA) is 85.1 Å². The zero-order valence-electron chi connectivity index (χ0n) is 12.0. The fourth-order valence-corrected chi connectivity index (χ4v) is 3.12. The van der Waals surface area contributed by atoms with Gasteiger partial charge in [0.2, 0.25) is 9.84 Å². The molecule has 0 amide bonds. The maximum absolute atomic E-state index is 14.6. The minimum Gasteiger partial charge on any atom is -0.376 e. The Morgan fingerprint density at radius 3 is 2.35 bits per heavy atom. The van der Waals surface area contributed by atoms with Crippen LogP contribution in [-0.4, -0.2) is 39.3 Å². The van der Waals surface area contributed by atoms with Crippen molar-refractivity contribution in [3.8, 4) is 0 Å². The molecular formula is C13H14F3N3O3S. The highest BCUT2D eigenvalue weighted by atomic mass is 32.2. The third kappa shape index (κ3) is 2.95. The molecule has 0 bridgehead atoms. The predicted molar refractivity (Wildman–Crippen MR) is 74.7 cm³/mol. The molecule has 2 rings (SSSR count). The van der Waals surface area contributed by atoms with E-state index in [-0.39, 0.29) is 0 Å². The van der Waals surface area contributed by atoms with E-state index in [9.17, 15) is 26.7 Å². The molecule has 0 aliphatic heterocycles. The Morgan fingerprint density at radius 2 is 1.87 bits per heavy atom. The van der Waals surface area contributed by atoms with Gasteiger partial charge >= 0.3 is 5.25 Å². The van der Waals surface area contributed by atoms with Crippen LogP contribution in [0.3, 0.4) is 0 Å². The third-order valence-electron chi connectivity index (χ3n) is 3.43. The zero-order valence-corrected chi connectivity index (χ0v) is 12.8. The van der Waals surface area contributed by atoms with Crippen LogP contribution in [0.25, 0.3) is 0 Å². The minimum atomic E-state index is -4.96. The van der Waals surface area contributed by atoms with E-state index in [0.717, 1.165) is 48.5 Å². The summed E-state index contributed by atoms with van der Waals surface area (Å²) in [5.41, 5.74) is -3.58. The molecule has 0 saturated heterocycles. The number of aromatic nitrogens is 3. The molecule has 0 spiro atoms. The lowest BCUT2D eigenvalue weighted by atomic mass is 9.93.